The summed E-state index contributed by atoms with van der Waals surface area (Å²) in [4.78, 5) is 21.5. The number of non-ortho nitro benzene ring substituents is 1. The van der Waals surface area contributed by atoms with Gasteiger partial charge in [0.15, 0.2) is 0 Å². The Morgan fingerprint density at radius 2 is 1.89 bits per heavy atom. The highest BCUT2D eigenvalue weighted by molar-refractivity contribution is 5.70. The molecule has 0 saturated heterocycles. The Kier molecular flexibility index (Phi) is 4.86. The minimum atomic E-state index is -0.482. The van der Waals surface area contributed by atoms with Crippen LogP contribution in [0.1, 0.15) is 27.2 Å². The standard InChI is InChI=1S/C13H18N2O4/c1-13(2,3)19-12(16)8-9-14-10-4-6-11(7-5-10)15(17)18/h4-7,14H,8-9H2,1-3H3. The van der Waals surface area contributed by atoms with Crippen molar-refractivity contribution in [3.05, 3.63) is 34.4 Å². The fourth-order valence-corrected chi connectivity index (χ4v) is 1.40. The number of ether oxygens (including phenoxy) is 1. The number of esters is 1. The number of nitrogens with zero attached hydrogens (tertiary/aromatic N) is 1. The maximum Gasteiger partial charge on any atom is 0.308 e. The van der Waals surface area contributed by atoms with Crippen molar-refractivity contribution in [2.75, 3.05) is 11.9 Å². The third kappa shape index (κ3) is 5.85. The van der Waals surface area contributed by atoms with Gasteiger partial charge in [-0.1, -0.05) is 0 Å². The lowest BCUT2D eigenvalue weighted by molar-refractivity contribution is -0.384. The molecule has 0 aliphatic carbocycles. The van der Waals surface area contributed by atoms with Crippen LogP contribution in [-0.2, 0) is 9.53 Å². The first-order chi connectivity index (χ1) is 8.78. The summed E-state index contributed by atoms with van der Waals surface area (Å²) in [6, 6.07) is 6.03. The lowest BCUT2D eigenvalue weighted by atomic mass is 10.2. The van der Waals surface area contributed by atoms with Crippen LogP contribution in [0.15, 0.2) is 24.3 Å². The smallest absolute Gasteiger partial charge is 0.308 e. The van der Waals surface area contributed by atoms with Crippen LogP contribution < -0.4 is 5.32 Å². The second kappa shape index (κ2) is 6.17. The highest BCUT2D eigenvalue weighted by Crippen LogP contribution is 2.15. The van der Waals surface area contributed by atoms with Crippen LogP contribution in [0.5, 0.6) is 0 Å². The molecule has 104 valence electrons. The van der Waals surface area contributed by atoms with Crippen LogP contribution in [0, 0.1) is 10.1 Å². The second-order valence-electron chi connectivity index (χ2n) is 5.07. The monoisotopic (exact) mass is 266 g/mol. The molecule has 0 saturated carbocycles. The molecule has 6 nitrogen and oxygen atoms in total. The van der Waals surface area contributed by atoms with Crippen molar-refractivity contribution in [3.8, 4) is 0 Å². The zero-order valence-corrected chi connectivity index (χ0v) is 11.3. The van der Waals surface area contributed by atoms with Crippen molar-refractivity contribution in [1.82, 2.24) is 0 Å². The summed E-state index contributed by atoms with van der Waals surface area (Å²) in [7, 11) is 0. The molecule has 0 spiro atoms. The highest BCUT2D eigenvalue weighted by atomic mass is 16.6. The molecule has 0 aliphatic rings. The quantitative estimate of drug-likeness (QED) is 0.503. The van der Waals surface area contributed by atoms with Gasteiger partial charge in [0.1, 0.15) is 5.60 Å². The highest BCUT2D eigenvalue weighted by Gasteiger charge is 2.15. The van der Waals surface area contributed by atoms with Crippen molar-refractivity contribution in [1.29, 1.82) is 0 Å². The van der Waals surface area contributed by atoms with E-state index in [4.69, 9.17) is 4.74 Å². The Hall–Kier alpha value is -2.11. The lowest BCUT2D eigenvalue weighted by Gasteiger charge is -2.19. The van der Waals surface area contributed by atoms with Gasteiger partial charge in [0.25, 0.3) is 5.69 Å². The predicted octanol–water partition coefficient (Wildman–Crippen LogP) is 2.74. The van der Waals surface area contributed by atoms with Gasteiger partial charge in [-0.15, -0.1) is 0 Å². The number of hydrogen-bond acceptors (Lipinski definition) is 5. The van der Waals surface area contributed by atoms with Crippen LogP contribution in [-0.4, -0.2) is 23.0 Å². The number of nitro benzene ring substituents is 1. The molecule has 0 unspecified atom stereocenters. The summed E-state index contributed by atoms with van der Waals surface area (Å²) < 4.78 is 5.16. The van der Waals surface area contributed by atoms with E-state index < -0.39 is 10.5 Å². The van der Waals surface area contributed by atoms with E-state index in [1.54, 1.807) is 12.1 Å². The van der Waals surface area contributed by atoms with Gasteiger partial charge in [-0.3, -0.25) is 14.9 Å². The number of benzene rings is 1. The molecule has 0 heterocycles. The molecule has 6 heteroatoms. The van der Waals surface area contributed by atoms with E-state index >= 15 is 0 Å². The summed E-state index contributed by atoms with van der Waals surface area (Å²) in [5.41, 5.74) is 0.289. The maximum absolute atomic E-state index is 11.4. The molecule has 0 amide bonds. The van der Waals surface area contributed by atoms with E-state index in [1.807, 2.05) is 20.8 Å². The topological polar surface area (TPSA) is 81.5 Å². The van der Waals surface area contributed by atoms with Crippen LogP contribution in [0.25, 0.3) is 0 Å². The first kappa shape index (κ1) is 14.9. The summed E-state index contributed by atoms with van der Waals surface area (Å²) in [6.45, 7) is 5.87. The zero-order chi connectivity index (χ0) is 14.5. The summed E-state index contributed by atoms with van der Waals surface area (Å²) >= 11 is 0. The number of carbonyl (C=O) groups is 1. The number of hydrogen-bond donors (Lipinski definition) is 1. The van der Waals surface area contributed by atoms with Gasteiger partial charge >= 0.3 is 5.97 Å². The Morgan fingerprint density at radius 3 is 2.37 bits per heavy atom. The molecule has 1 aromatic rings. The summed E-state index contributed by atoms with van der Waals surface area (Å²) in [6.07, 6.45) is 0.244. The number of anilines is 1. The molecular weight excluding hydrogens is 248 g/mol. The van der Waals surface area contributed by atoms with Crippen molar-refractivity contribution in [2.45, 2.75) is 32.8 Å². The average Bonchev–Trinajstić information content (AvgIpc) is 2.27. The van der Waals surface area contributed by atoms with Gasteiger partial charge < -0.3 is 10.1 Å². The van der Waals surface area contributed by atoms with E-state index in [0.29, 0.717) is 6.54 Å². The van der Waals surface area contributed by atoms with Crippen LogP contribution in [0.3, 0.4) is 0 Å². The first-order valence-electron chi connectivity index (χ1n) is 5.98. The SMILES string of the molecule is CC(C)(C)OC(=O)CCNc1ccc([N+](=O)[O-])cc1. The van der Waals surface area contributed by atoms with Crippen LogP contribution in [0.4, 0.5) is 11.4 Å². The lowest BCUT2D eigenvalue weighted by Crippen LogP contribution is -2.25. The Labute approximate surface area is 111 Å². The molecule has 0 bridgehead atoms. The molecular formula is C13H18N2O4. The minimum absolute atomic E-state index is 0.0395. The Morgan fingerprint density at radius 1 is 1.32 bits per heavy atom. The van der Waals surface area contributed by atoms with Gasteiger partial charge in [-0.25, -0.2) is 0 Å². The van der Waals surface area contributed by atoms with E-state index in [9.17, 15) is 14.9 Å². The van der Waals surface area contributed by atoms with E-state index in [2.05, 4.69) is 5.32 Å². The van der Waals surface area contributed by atoms with Crippen molar-refractivity contribution in [2.24, 2.45) is 0 Å². The largest absolute Gasteiger partial charge is 0.460 e. The van der Waals surface area contributed by atoms with E-state index in [0.717, 1.165) is 5.69 Å². The average molecular weight is 266 g/mol. The summed E-state index contributed by atoms with van der Waals surface area (Å²) in [5, 5.41) is 13.5. The van der Waals surface area contributed by atoms with Gasteiger partial charge in [0.05, 0.1) is 11.3 Å². The molecule has 1 aromatic carbocycles. The van der Waals surface area contributed by atoms with Crippen LogP contribution >= 0.6 is 0 Å². The summed E-state index contributed by atoms with van der Waals surface area (Å²) in [5.74, 6) is -0.276. The maximum atomic E-state index is 11.4. The van der Waals surface area contributed by atoms with Gasteiger partial charge in [-0.05, 0) is 32.9 Å². The Balaban J connectivity index is 2.37. The molecule has 0 aromatic heterocycles. The fraction of sp³-hybridized carbons (Fsp3) is 0.462. The third-order valence-corrected chi connectivity index (χ3v) is 2.16. The molecule has 1 N–H and O–H groups in total. The third-order valence-electron chi connectivity index (χ3n) is 2.16. The van der Waals surface area contributed by atoms with Gasteiger partial charge in [0.2, 0.25) is 0 Å². The minimum Gasteiger partial charge on any atom is -0.460 e. The molecule has 19 heavy (non-hydrogen) atoms. The van der Waals surface area contributed by atoms with Crippen LogP contribution in [0.2, 0.25) is 0 Å². The normalized spacial score (nSPS) is 10.9. The van der Waals surface area contributed by atoms with E-state index in [-0.39, 0.29) is 18.1 Å². The number of nitrogens with one attached hydrogen (secondary N) is 1. The molecule has 1 rings (SSSR count). The van der Waals surface area contributed by atoms with Gasteiger partial charge in [0, 0.05) is 24.4 Å². The number of nitro groups is 1. The zero-order valence-electron chi connectivity index (χ0n) is 11.3. The van der Waals surface area contributed by atoms with Crippen molar-refractivity contribution >= 4 is 17.3 Å². The Bertz CT molecular complexity index is 449. The molecule has 0 aliphatic heterocycles. The van der Waals surface area contributed by atoms with E-state index in [1.165, 1.54) is 12.1 Å². The first-order valence-corrected chi connectivity index (χ1v) is 5.98. The molecule has 0 fully saturated rings. The predicted molar refractivity (Wildman–Crippen MR) is 72.0 cm³/mol. The molecule has 0 atom stereocenters. The fourth-order valence-electron chi connectivity index (χ4n) is 1.40. The van der Waals surface area contributed by atoms with Crippen molar-refractivity contribution < 1.29 is 14.5 Å². The number of rotatable bonds is 5. The number of carbonyl (C=O) groups excluding carboxylic acids is 1. The second-order valence-corrected chi connectivity index (χ2v) is 5.07. The van der Waals surface area contributed by atoms with Gasteiger partial charge in [-0.2, -0.15) is 0 Å². The van der Waals surface area contributed by atoms with Crippen molar-refractivity contribution in [3.63, 3.8) is 0 Å². The molecule has 0 radical (unpaired) electrons.